The minimum Gasteiger partial charge on any atom is -0.449 e. The van der Waals surface area contributed by atoms with Gasteiger partial charge in [0, 0.05) is 6.07 Å². The summed E-state index contributed by atoms with van der Waals surface area (Å²) in [5.41, 5.74) is -0.273. The van der Waals surface area contributed by atoms with E-state index in [1.165, 1.54) is 47.4 Å². The smallest absolute Gasteiger partial charge is 0.313 e. The summed E-state index contributed by atoms with van der Waals surface area (Å²) in [7, 11) is -3.64. The minimum absolute atomic E-state index is 0.0862. The number of hydrogen-bond donors (Lipinski definition) is 2. The molecule has 0 aliphatic carbocycles. The molecule has 0 fully saturated rings. The third kappa shape index (κ3) is 5.65. The molecule has 0 unspecified atom stereocenters. The first kappa shape index (κ1) is 22.1. The maximum atomic E-state index is 12.4. The van der Waals surface area contributed by atoms with Gasteiger partial charge in [-0.25, -0.2) is 13.1 Å². The average molecular weight is 429 g/mol. The molecule has 2 N–H and O–H groups in total. The van der Waals surface area contributed by atoms with Gasteiger partial charge in [-0.3, -0.25) is 10.1 Å². The molecule has 0 heterocycles. The molecule has 2 rings (SSSR count). The van der Waals surface area contributed by atoms with E-state index in [9.17, 15) is 18.5 Å². The van der Waals surface area contributed by atoms with Gasteiger partial charge >= 0.3 is 5.69 Å². The number of quaternary nitrogens is 1. The van der Waals surface area contributed by atoms with Gasteiger partial charge in [0.2, 0.25) is 15.8 Å². The Bertz CT molecular complexity index is 915. The number of halogens is 1. The number of rotatable bonds is 10. The Morgan fingerprint density at radius 3 is 2.36 bits per heavy atom. The summed E-state index contributed by atoms with van der Waals surface area (Å²) in [6.45, 7) is 6.99. The predicted octanol–water partition coefficient (Wildman–Crippen LogP) is 2.24. The number of likely N-dealkylation sites (N-methyl/N-ethyl adjacent to an activating group) is 1. The molecule has 0 aliphatic rings. The Balaban J connectivity index is 2.11. The van der Waals surface area contributed by atoms with E-state index in [1.54, 1.807) is 0 Å². The van der Waals surface area contributed by atoms with E-state index >= 15 is 0 Å². The first-order valence-electron chi connectivity index (χ1n) is 8.82. The Hall–Kier alpha value is -2.20. The number of nitro benzene ring substituents is 1. The lowest BCUT2D eigenvalue weighted by Crippen LogP contribution is -3.12. The van der Waals surface area contributed by atoms with Crippen molar-refractivity contribution in [1.82, 2.24) is 4.72 Å². The van der Waals surface area contributed by atoms with Gasteiger partial charge < -0.3 is 9.64 Å². The van der Waals surface area contributed by atoms with Crippen molar-refractivity contribution in [1.29, 1.82) is 0 Å². The van der Waals surface area contributed by atoms with Crippen LogP contribution in [-0.2, 0) is 10.0 Å². The van der Waals surface area contributed by atoms with E-state index in [0.29, 0.717) is 13.1 Å². The molecular weight excluding hydrogens is 406 g/mol. The summed E-state index contributed by atoms with van der Waals surface area (Å²) in [5.74, 6) is 0.146. The number of nitro groups is 1. The summed E-state index contributed by atoms with van der Waals surface area (Å²) in [6.07, 6.45) is 0. The van der Waals surface area contributed by atoms with Crippen LogP contribution in [0.4, 0.5) is 5.69 Å². The first-order valence-corrected chi connectivity index (χ1v) is 10.7. The molecule has 0 spiro atoms. The van der Waals surface area contributed by atoms with Gasteiger partial charge in [0.15, 0.2) is 0 Å². The average Bonchev–Trinajstić information content (AvgIpc) is 2.67. The number of benzene rings is 2. The summed E-state index contributed by atoms with van der Waals surface area (Å²) in [4.78, 5) is 11.9. The number of para-hydroxylation sites is 1. The van der Waals surface area contributed by atoms with Gasteiger partial charge in [0.05, 0.1) is 41.0 Å². The molecule has 0 atom stereocenters. The van der Waals surface area contributed by atoms with Gasteiger partial charge in [-0.05, 0) is 44.2 Å². The molecule has 0 aromatic heterocycles. The van der Waals surface area contributed by atoms with Crippen LogP contribution >= 0.6 is 11.6 Å². The summed E-state index contributed by atoms with van der Waals surface area (Å²) in [5, 5.41) is 11.2. The van der Waals surface area contributed by atoms with Crippen LogP contribution in [0.2, 0.25) is 5.02 Å². The van der Waals surface area contributed by atoms with Crippen molar-refractivity contribution in [3.05, 3.63) is 57.6 Å². The lowest BCUT2D eigenvalue weighted by atomic mass is 10.3. The molecule has 0 aliphatic heterocycles. The quantitative estimate of drug-likeness (QED) is 0.446. The normalized spacial score (nSPS) is 11.6. The summed E-state index contributed by atoms with van der Waals surface area (Å²) in [6, 6.07) is 9.82. The number of ether oxygens (including phenoxy) is 1. The second-order valence-corrected chi connectivity index (χ2v) is 8.20. The van der Waals surface area contributed by atoms with Crippen LogP contribution in [0.25, 0.3) is 0 Å². The first-order chi connectivity index (χ1) is 13.3. The highest BCUT2D eigenvalue weighted by Gasteiger charge is 2.20. The molecule has 0 saturated heterocycles. The molecule has 2 aromatic carbocycles. The van der Waals surface area contributed by atoms with E-state index in [2.05, 4.69) is 18.6 Å². The van der Waals surface area contributed by atoms with Crippen LogP contribution in [-0.4, -0.2) is 39.5 Å². The largest absolute Gasteiger partial charge is 0.449 e. The molecular formula is C18H23ClN3O5S+. The fraction of sp³-hybridized carbons (Fsp3) is 0.333. The SMILES string of the molecule is CC[NH+](CC)CCNS(=O)(=O)c1ccc(Oc2c(Cl)cccc2[N+](=O)[O-])cc1. The second kappa shape index (κ2) is 9.83. The molecule has 8 nitrogen and oxygen atoms in total. The zero-order valence-corrected chi connectivity index (χ0v) is 17.2. The van der Waals surface area contributed by atoms with Crippen molar-refractivity contribution in [2.45, 2.75) is 18.7 Å². The van der Waals surface area contributed by atoms with Crippen molar-refractivity contribution in [2.24, 2.45) is 0 Å². The summed E-state index contributed by atoms with van der Waals surface area (Å²) < 4.78 is 32.9. The standard InChI is InChI=1S/C18H22ClN3O5S/c1-3-21(4-2)13-12-20-28(25,26)15-10-8-14(9-11-15)27-18-16(19)6-5-7-17(18)22(23)24/h5-11,20H,3-4,12-13H2,1-2H3/p+1. The molecule has 0 saturated carbocycles. The monoisotopic (exact) mass is 428 g/mol. The van der Waals surface area contributed by atoms with Crippen molar-refractivity contribution >= 4 is 27.3 Å². The second-order valence-electron chi connectivity index (χ2n) is 6.02. The summed E-state index contributed by atoms with van der Waals surface area (Å²) >= 11 is 6.00. The van der Waals surface area contributed by atoms with E-state index in [-0.39, 0.29) is 27.1 Å². The van der Waals surface area contributed by atoms with Gasteiger partial charge in [-0.2, -0.15) is 0 Å². The highest BCUT2D eigenvalue weighted by atomic mass is 35.5. The van der Waals surface area contributed by atoms with Crippen LogP contribution < -0.4 is 14.4 Å². The fourth-order valence-corrected chi connectivity index (χ4v) is 3.84. The van der Waals surface area contributed by atoms with E-state index in [0.717, 1.165) is 13.1 Å². The lowest BCUT2D eigenvalue weighted by Gasteiger charge is -2.15. The lowest BCUT2D eigenvalue weighted by molar-refractivity contribution is -0.895. The predicted molar refractivity (Wildman–Crippen MR) is 107 cm³/mol. The molecule has 0 bridgehead atoms. The third-order valence-electron chi connectivity index (χ3n) is 4.27. The van der Waals surface area contributed by atoms with Crippen molar-refractivity contribution < 1.29 is 23.0 Å². The zero-order valence-electron chi connectivity index (χ0n) is 15.6. The molecule has 10 heteroatoms. The molecule has 28 heavy (non-hydrogen) atoms. The minimum atomic E-state index is -3.64. The molecule has 2 aromatic rings. The topological polar surface area (TPSA) is 103 Å². The van der Waals surface area contributed by atoms with E-state index in [1.807, 2.05) is 0 Å². The number of nitrogens with zero attached hydrogens (tertiary/aromatic N) is 1. The van der Waals surface area contributed by atoms with Crippen LogP contribution in [0.1, 0.15) is 13.8 Å². The Morgan fingerprint density at radius 2 is 1.79 bits per heavy atom. The van der Waals surface area contributed by atoms with Crippen LogP contribution in [0.5, 0.6) is 11.5 Å². The van der Waals surface area contributed by atoms with Crippen LogP contribution in [0.3, 0.4) is 0 Å². The van der Waals surface area contributed by atoms with Gasteiger partial charge in [0.25, 0.3) is 0 Å². The van der Waals surface area contributed by atoms with Crippen LogP contribution in [0, 0.1) is 10.1 Å². The number of hydrogen-bond acceptors (Lipinski definition) is 5. The fourth-order valence-electron chi connectivity index (χ4n) is 2.60. The van der Waals surface area contributed by atoms with Crippen molar-refractivity contribution in [3.63, 3.8) is 0 Å². The Labute approximate surface area is 169 Å². The van der Waals surface area contributed by atoms with Crippen molar-refractivity contribution in [3.8, 4) is 11.5 Å². The van der Waals surface area contributed by atoms with E-state index in [4.69, 9.17) is 16.3 Å². The zero-order chi connectivity index (χ0) is 20.7. The Morgan fingerprint density at radius 1 is 1.14 bits per heavy atom. The number of nitrogens with one attached hydrogen (secondary N) is 2. The number of sulfonamides is 1. The van der Waals surface area contributed by atoms with Crippen LogP contribution in [0.15, 0.2) is 47.4 Å². The maximum Gasteiger partial charge on any atom is 0.313 e. The highest BCUT2D eigenvalue weighted by Crippen LogP contribution is 2.37. The third-order valence-corrected chi connectivity index (χ3v) is 6.04. The van der Waals surface area contributed by atoms with Gasteiger partial charge in [-0.1, -0.05) is 17.7 Å². The molecule has 152 valence electrons. The van der Waals surface area contributed by atoms with E-state index < -0.39 is 14.9 Å². The van der Waals surface area contributed by atoms with Gasteiger partial charge in [0.1, 0.15) is 5.75 Å². The highest BCUT2D eigenvalue weighted by molar-refractivity contribution is 7.89. The van der Waals surface area contributed by atoms with Gasteiger partial charge in [-0.15, -0.1) is 0 Å². The molecule has 0 radical (unpaired) electrons. The maximum absolute atomic E-state index is 12.4. The van der Waals surface area contributed by atoms with Crippen molar-refractivity contribution in [2.75, 3.05) is 26.2 Å². The molecule has 0 amide bonds. The Kier molecular flexibility index (Phi) is 7.76.